The number of hydrogen-bond acceptors (Lipinski definition) is 6. The number of thioether (sulfide) groups is 1. The van der Waals surface area contributed by atoms with Gasteiger partial charge in [0.15, 0.2) is 0 Å². The Kier molecular flexibility index (Phi) is 5.69. The smallest absolute Gasteiger partial charge is 0.353 e. The summed E-state index contributed by atoms with van der Waals surface area (Å²) in [7, 11) is 0. The van der Waals surface area contributed by atoms with E-state index in [1.165, 1.54) is 10.5 Å². The van der Waals surface area contributed by atoms with Gasteiger partial charge in [0.1, 0.15) is 5.70 Å². The summed E-state index contributed by atoms with van der Waals surface area (Å²) in [6.45, 7) is 6.29. The van der Waals surface area contributed by atoms with Gasteiger partial charge >= 0.3 is 5.97 Å². The normalized spacial score (nSPS) is 32.8. The molecule has 3 aliphatic heterocycles. The number of benzene rings is 1. The molecule has 5 N–H and O–H groups in total. The van der Waals surface area contributed by atoms with Crippen LogP contribution < -0.4 is 11.1 Å². The summed E-state index contributed by atoms with van der Waals surface area (Å²) < 4.78 is 0. The van der Waals surface area contributed by atoms with Crippen LogP contribution in [-0.4, -0.2) is 50.9 Å². The van der Waals surface area contributed by atoms with Gasteiger partial charge < -0.3 is 26.2 Å². The van der Waals surface area contributed by atoms with E-state index in [9.17, 15) is 19.8 Å². The third-order valence-electron chi connectivity index (χ3n) is 6.56. The van der Waals surface area contributed by atoms with Gasteiger partial charge in [-0.3, -0.25) is 4.79 Å². The SMILES string of the molecule is C[C@H](N)c1ccc([C@H]2C[C@H](SC3=C(C(=O)O)N4C(=O)[C@H]([C@@H](C)O)[C@H]4[C@H]3C)CN2)cc1. The van der Waals surface area contributed by atoms with Crippen LogP contribution in [0.15, 0.2) is 34.9 Å². The average Bonchev–Trinajstić information content (AvgIpc) is 3.24. The molecule has 162 valence electrons. The van der Waals surface area contributed by atoms with Gasteiger partial charge in [0.05, 0.1) is 18.1 Å². The molecule has 30 heavy (non-hydrogen) atoms. The van der Waals surface area contributed by atoms with Crippen molar-refractivity contribution in [1.82, 2.24) is 10.2 Å². The van der Waals surface area contributed by atoms with Crippen LogP contribution in [0, 0.1) is 11.8 Å². The summed E-state index contributed by atoms with van der Waals surface area (Å²) in [5, 5.41) is 23.5. The number of carbonyl (C=O) groups is 2. The molecule has 0 aliphatic carbocycles. The summed E-state index contributed by atoms with van der Waals surface area (Å²) in [6, 6.07) is 8.25. The first kappa shape index (κ1) is 21.4. The van der Waals surface area contributed by atoms with Crippen molar-refractivity contribution in [3.05, 3.63) is 46.0 Å². The van der Waals surface area contributed by atoms with Crippen LogP contribution in [0.4, 0.5) is 0 Å². The third kappa shape index (κ3) is 3.45. The molecular weight excluding hydrogens is 402 g/mol. The highest BCUT2D eigenvalue weighted by atomic mass is 32.2. The molecule has 4 rings (SSSR count). The van der Waals surface area contributed by atoms with Crippen molar-refractivity contribution < 1.29 is 19.8 Å². The Morgan fingerprint density at radius 1 is 1.30 bits per heavy atom. The van der Waals surface area contributed by atoms with Crippen molar-refractivity contribution in [3.63, 3.8) is 0 Å². The molecule has 2 saturated heterocycles. The highest BCUT2D eigenvalue weighted by Crippen LogP contribution is 2.52. The van der Waals surface area contributed by atoms with Gasteiger partial charge in [-0.2, -0.15) is 0 Å². The number of carboxylic acids is 1. The van der Waals surface area contributed by atoms with E-state index in [4.69, 9.17) is 5.73 Å². The van der Waals surface area contributed by atoms with Crippen LogP contribution in [0.2, 0.25) is 0 Å². The molecule has 0 unspecified atom stereocenters. The van der Waals surface area contributed by atoms with Gasteiger partial charge in [0.2, 0.25) is 5.91 Å². The molecule has 7 nitrogen and oxygen atoms in total. The highest BCUT2D eigenvalue weighted by molar-refractivity contribution is 8.03. The standard InChI is InChI=1S/C22H29N3O4S/c1-10-18-17(12(3)26)21(27)25(18)19(22(28)29)20(10)30-15-8-16(24-9-15)14-6-4-13(5-7-14)11(2)23/h4-7,10-12,15-18,24,26H,8-9,23H2,1-3H3,(H,28,29)/t10-,11+,12-,15+,16-,17-,18-/m1/s1. The van der Waals surface area contributed by atoms with Gasteiger partial charge in [0.25, 0.3) is 0 Å². The maximum Gasteiger partial charge on any atom is 0.353 e. The summed E-state index contributed by atoms with van der Waals surface area (Å²) in [5.74, 6) is -1.97. The maximum absolute atomic E-state index is 12.5. The Hall–Kier alpha value is -1.87. The van der Waals surface area contributed by atoms with E-state index in [-0.39, 0.29) is 40.9 Å². The lowest BCUT2D eigenvalue weighted by molar-refractivity contribution is -0.163. The lowest BCUT2D eigenvalue weighted by atomic mass is 9.79. The number of carboxylic acid groups (broad SMARTS) is 1. The summed E-state index contributed by atoms with van der Waals surface area (Å²) in [4.78, 5) is 26.6. The zero-order chi connectivity index (χ0) is 21.7. The van der Waals surface area contributed by atoms with E-state index in [1.807, 2.05) is 13.8 Å². The Balaban J connectivity index is 1.49. The number of aliphatic hydroxyl groups excluding tert-OH is 1. The molecule has 0 spiro atoms. The van der Waals surface area contributed by atoms with Gasteiger partial charge in [-0.25, -0.2) is 4.79 Å². The first-order valence-corrected chi connectivity index (χ1v) is 11.3. The number of aliphatic carboxylic acids is 1. The molecule has 3 heterocycles. The minimum atomic E-state index is -1.07. The van der Waals surface area contributed by atoms with Crippen LogP contribution in [0.1, 0.15) is 50.4 Å². The van der Waals surface area contributed by atoms with Crippen LogP contribution in [0.25, 0.3) is 0 Å². The number of rotatable bonds is 6. The quantitative estimate of drug-likeness (QED) is 0.509. The van der Waals surface area contributed by atoms with Crippen LogP contribution in [0.3, 0.4) is 0 Å². The fourth-order valence-corrected chi connectivity index (χ4v) is 6.42. The van der Waals surface area contributed by atoms with Crippen LogP contribution >= 0.6 is 11.8 Å². The van der Waals surface area contributed by atoms with Gasteiger partial charge in [-0.1, -0.05) is 31.2 Å². The van der Waals surface area contributed by atoms with E-state index in [1.54, 1.807) is 18.7 Å². The number of nitrogens with zero attached hydrogens (tertiary/aromatic N) is 1. The second-order valence-electron chi connectivity index (χ2n) is 8.66. The molecule has 8 heteroatoms. The predicted octanol–water partition coefficient (Wildman–Crippen LogP) is 2.00. The molecule has 3 aliphatic rings. The number of carbonyl (C=O) groups excluding carboxylic acids is 1. The number of aliphatic hydroxyl groups is 1. The second kappa shape index (κ2) is 8.00. The number of fused-ring (bicyclic) bond motifs is 1. The molecule has 0 saturated carbocycles. The summed E-state index contributed by atoms with van der Waals surface area (Å²) in [6.07, 6.45) is 0.0985. The molecule has 7 atom stereocenters. The Bertz CT molecular complexity index is 883. The Morgan fingerprint density at radius 3 is 2.53 bits per heavy atom. The molecule has 1 aromatic rings. The number of amides is 1. The Labute approximate surface area is 180 Å². The molecule has 1 aromatic carbocycles. The van der Waals surface area contributed by atoms with E-state index < -0.39 is 18.0 Å². The molecular formula is C22H29N3O4S. The third-order valence-corrected chi connectivity index (χ3v) is 8.07. The molecule has 1 amide bonds. The fourth-order valence-electron chi connectivity index (χ4n) is 4.94. The zero-order valence-corrected chi connectivity index (χ0v) is 18.2. The number of nitrogens with one attached hydrogen (secondary N) is 1. The topological polar surface area (TPSA) is 116 Å². The molecule has 0 bridgehead atoms. The van der Waals surface area contributed by atoms with Crippen LogP contribution in [0.5, 0.6) is 0 Å². The van der Waals surface area contributed by atoms with Crippen molar-refractivity contribution in [1.29, 1.82) is 0 Å². The average molecular weight is 432 g/mol. The number of nitrogens with two attached hydrogens (primary N) is 1. The van der Waals surface area contributed by atoms with E-state index in [0.717, 1.165) is 23.4 Å². The van der Waals surface area contributed by atoms with Crippen LogP contribution in [-0.2, 0) is 9.59 Å². The fraction of sp³-hybridized carbons (Fsp3) is 0.545. The van der Waals surface area contributed by atoms with E-state index in [0.29, 0.717) is 0 Å². The van der Waals surface area contributed by atoms with Crippen molar-refractivity contribution in [2.45, 2.75) is 56.7 Å². The number of hydrogen-bond donors (Lipinski definition) is 4. The minimum absolute atomic E-state index is 0.00247. The van der Waals surface area contributed by atoms with E-state index >= 15 is 0 Å². The molecule has 0 radical (unpaired) electrons. The summed E-state index contributed by atoms with van der Waals surface area (Å²) >= 11 is 1.57. The largest absolute Gasteiger partial charge is 0.477 e. The first-order valence-electron chi connectivity index (χ1n) is 10.4. The zero-order valence-electron chi connectivity index (χ0n) is 17.4. The monoisotopic (exact) mass is 431 g/mol. The maximum atomic E-state index is 12.5. The lowest BCUT2D eigenvalue weighted by Gasteiger charge is -2.46. The number of β-lactam (4-membered cyclic amide) rings is 1. The van der Waals surface area contributed by atoms with Crippen molar-refractivity contribution in [2.75, 3.05) is 6.54 Å². The second-order valence-corrected chi connectivity index (χ2v) is 10.0. The highest BCUT2D eigenvalue weighted by Gasteiger charge is 2.60. The van der Waals surface area contributed by atoms with Gasteiger partial charge in [0, 0.05) is 34.7 Å². The first-order chi connectivity index (χ1) is 14.2. The summed E-state index contributed by atoms with van der Waals surface area (Å²) in [5.41, 5.74) is 8.33. The minimum Gasteiger partial charge on any atom is -0.477 e. The van der Waals surface area contributed by atoms with Crippen molar-refractivity contribution >= 4 is 23.6 Å². The van der Waals surface area contributed by atoms with Crippen molar-refractivity contribution in [3.8, 4) is 0 Å². The molecule has 0 aromatic heterocycles. The van der Waals surface area contributed by atoms with Crippen molar-refractivity contribution in [2.24, 2.45) is 17.6 Å². The van der Waals surface area contributed by atoms with E-state index in [2.05, 4.69) is 29.6 Å². The van der Waals surface area contributed by atoms with Gasteiger partial charge in [-0.05, 0) is 31.4 Å². The Morgan fingerprint density at radius 2 is 1.97 bits per heavy atom. The predicted molar refractivity (Wildman–Crippen MR) is 115 cm³/mol. The van der Waals surface area contributed by atoms with Gasteiger partial charge in [-0.15, -0.1) is 11.8 Å². The molecule has 2 fully saturated rings. The lowest BCUT2D eigenvalue weighted by Crippen LogP contribution is -2.63.